The minimum Gasteiger partial charge on any atom is -0.504 e. The summed E-state index contributed by atoms with van der Waals surface area (Å²) in [6.07, 6.45) is 4.77. The summed E-state index contributed by atoms with van der Waals surface area (Å²) in [4.78, 5) is 6.60. The SMILES string of the molecule is Oc1cccnc1NCCCN1c2ccccc2CCc2ccccc21. The highest BCUT2D eigenvalue weighted by Gasteiger charge is 2.19. The van der Waals surface area contributed by atoms with Crippen LogP contribution in [0.4, 0.5) is 17.2 Å². The van der Waals surface area contributed by atoms with E-state index in [0.717, 1.165) is 32.4 Å². The quantitative estimate of drug-likeness (QED) is 0.667. The first kappa shape index (κ1) is 16.5. The lowest BCUT2D eigenvalue weighted by Gasteiger charge is -2.27. The molecule has 0 amide bonds. The van der Waals surface area contributed by atoms with Crippen LogP contribution in [0.2, 0.25) is 0 Å². The standard InChI is InChI=1S/C22H23N3O/c26-21-11-5-14-23-22(21)24-15-6-16-25-19-9-3-1-7-17(19)12-13-18-8-2-4-10-20(18)25/h1-5,7-11,14,26H,6,12-13,15-16H2,(H,23,24). The van der Waals surface area contributed by atoms with Crippen molar-refractivity contribution in [3.05, 3.63) is 78.0 Å². The van der Waals surface area contributed by atoms with Crippen LogP contribution in [0, 0.1) is 0 Å². The van der Waals surface area contributed by atoms with E-state index in [9.17, 15) is 5.11 Å². The number of aryl methyl sites for hydroxylation is 2. The van der Waals surface area contributed by atoms with Crippen LogP contribution < -0.4 is 10.2 Å². The summed E-state index contributed by atoms with van der Waals surface area (Å²) < 4.78 is 0. The lowest BCUT2D eigenvalue weighted by Crippen LogP contribution is -2.22. The summed E-state index contributed by atoms with van der Waals surface area (Å²) >= 11 is 0. The van der Waals surface area contributed by atoms with Crippen LogP contribution in [0.3, 0.4) is 0 Å². The van der Waals surface area contributed by atoms with Crippen LogP contribution >= 0.6 is 0 Å². The van der Waals surface area contributed by atoms with E-state index in [1.165, 1.54) is 22.5 Å². The molecule has 2 heterocycles. The van der Waals surface area contributed by atoms with Gasteiger partial charge in [0.2, 0.25) is 0 Å². The van der Waals surface area contributed by atoms with Crippen molar-refractivity contribution in [2.45, 2.75) is 19.3 Å². The molecule has 3 aromatic rings. The normalized spacial score (nSPS) is 12.8. The van der Waals surface area contributed by atoms with E-state index in [1.54, 1.807) is 18.3 Å². The van der Waals surface area contributed by atoms with Gasteiger partial charge in [0.15, 0.2) is 11.6 Å². The molecule has 0 saturated carbocycles. The van der Waals surface area contributed by atoms with Gasteiger partial charge in [-0.3, -0.25) is 0 Å². The van der Waals surface area contributed by atoms with Crippen LogP contribution in [0.1, 0.15) is 17.5 Å². The van der Waals surface area contributed by atoms with E-state index in [4.69, 9.17) is 0 Å². The van der Waals surface area contributed by atoms with Crippen LogP contribution in [0.25, 0.3) is 0 Å². The zero-order valence-corrected chi connectivity index (χ0v) is 14.7. The van der Waals surface area contributed by atoms with E-state index in [0.29, 0.717) is 5.82 Å². The molecule has 2 N–H and O–H groups in total. The van der Waals surface area contributed by atoms with Gasteiger partial charge in [-0.15, -0.1) is 0 Å². The van der Waals surface area contributed by atoms with Gasteiger partial charge in [0.1, 0.15) is 0 Å². The molecule has 1 aromatic heterocycles. The molecule has 0 aliphatic carbocycles. The summed E-state index contributed by atoms with van der Waals surface area (Å²) in [5.41, 5.74) is 5.41. The van der Waals surface area contributed by atoms with E-state index >= 15 is 0 Å². The second-order valence-corrected chi connectivity index (χ2v) is 6.56. The third-order valence-corrected chi connectivity index (χ3v) is 4.87. The lowest BCUT2D eigenvalue weighted by molar-refractivity contribution is 0.475. The van der Waals surface area contributed by atoms with Gasteiger partial charge in [-0.25, -0.2) is 4.98 Å². The van der Waals surface area contributed by atoms with Crippen LogP contribution in [0.5, 0.6) is 5.75 Å². The van der Waals surface area contributed by atoms with Crippen molar-refractivity contribution in [1.29, 1.82) is 0 Å². The van der Waals surface area contributed by atoms with E-state index in [1.807, 2.05) is 0 Å². The van der Waals surface area contributed by atoms with E-state index in [2.05, 4.69) is 63.7 Å². The fourth-order valence-electron chi connectivity index (χ4n) is 3.59. The smallest absolute Gasteiger partial charge is 0.168 e. The number of aromatic nitrogens is 1. The molecule has 4 rings (SSSR count). The minimum absolute atomic E-state index is 0.193. The molecule has 26 heavy (non-hydrogen) atoms. The highest BCUT2D eigenvalue weighted by atomic mass is 16.3. The van der Waals surface area contributed by atoms with Crippen molar-refractivity contribution >= 4 is 17.2 Å². The molecule has 132 valence electrons. The van der Waals surface area contributed by atoms with Gasteiger partial charge in [-0.05, 0) is 54.7 Å². The Morgan fingerprint density at radius 2 is 1.54 bits per heavy atom. The topological polar surface area (TPSA) is 48.4 Å². The Hall–Kier alpha value is -3.01. The monoisotopic (exact) mass is 345 g/mol. The number of hydrogen-bond donors (Lipinski definition) is 2. The van der Waals surface area contributed by atoms with Gasteiger partial charge in [0, 0.05) is 30.7 Å². The van der Waals surface area contributed by atoms with Crippen molar-refractivity contribution in [1.82, 2.24) is 4.98 Å². The van der Waals surface area contributed by atoms with Gasteiger partial charge in [-0.1, -0.05) is 36.4 Å². The predicted octanol–water partition coefficient (Wildman–Crippen LogP) is 4.53. The maximum atomic E-state index is 9.82. The molecule has 2 aromatic carbocycles. The highest BCUT2D eigenvalue weighted by Crippen LogP contribution is 2.35. The molecule has 0 radical (unpaired) electrons. The predicted molar refractivity (Wildman–Crippen MR) is 106 cm³/mol. The Balaban J connectivity index is 1.51. The number of aromatic hydroxyl groups is 1. The van der Waals surface area contributed by atoms with Gasteiger partial charge < -0.3 is 15.3 Å². The van der Waals surface area contributed by atoms with Crippen molar-refractivity contribution in [3.8, 4) is 5.75 Å². The van der Waals surface area contributed by atoms with Crippen molar-refractivity contribution in [2.24, 2.45) is 0 Å². The number of fused-ring (bicyclic) bond motifs is 2. The Morgan fingerprint density at radius 3 is 2.19 bits per heavy atom. The average molecular weight is 345 g/mol. The number of hydrogen-bond acceptors (Lipinski definition) is 4. The second-order valence-electron chi connectivity index (χ2n) is 6.56. The number of nitrogens with one attached hydrogen (secondary N) is 1. The van der Waals surface area contributed by atoms with Gasteiger partial charge >= 0.3 is 0 Å². The number of nitrogens with zero attached hydrogens (tertiary/aromatic N) is 2. The number of para-hydroxylation sites is 2. The third-order valence-electron chi connectivity index (χ3n) is 4.87. The molecule has 4 nitrogen and oxygen atoms in total. The molecule has 1 aliphatic rings. The Kier molecular flexibility index (Phi) is 4.73. The second kappa shape index (κ2) is 7.48. The fourth-order valence-corrected chi connectivity index (χ4v) is 3.59. The van der Waals surface area contributed by atoms with E-state index in [-0.39, 0.29) is 5.75 Å². The molecule has 0 fully saturated rings. The van der Waals surface area contributed by atoms with Gasteiger partial charge in [0.25, 0.3) is 0 Å². The third kappa shape index (κ3) is 3.36. The van der Waals surface area contributed by atoms with Crippen molar-refractivity contribution in [2.75, 3.05) is 23.3 Å². The Morgan fingerprint density at radius 1 is 0.885 bits per heavy atom. The molecule has 1 aliphatic heterocycles. The Labute approximate surface area is 154 Å². The number of benzene rings is 2. The number of rotatable bonds is 5. The molecule has 0 bridgehead atoms. The molecular formula is C22H23N3O. The summed E-state index contributed by atoms with van der Waals surface area (Å²) in [5.74, 6) is 0.738. The number of anilines is 3. The molecule has 4 heteroatoms. The first-order valence-electron chi connectivity index (χ1n) is 9.14. The molecule has 0 spiro atoms. The molecular weight excluding hydrogens is 322 g/mol. The van der Waals surface area contributed by atoms with Gasteiger partial charge in [-0.2, -0.15) is 0 Å². The van der Waals surface area contributed by atoms with Crippen molar-refractivity contribution in [3.63, 3.8) is 0 Å². The average Bonchev–Trinajstić information content (AvgIpc) is 2.84. The zero-order chi connectivity index (χ0) is 17.8. The highest BCUT2D eigenvalue weighted by molar-refractivity contribution is 5.71. The summed E-state index contributed by atoms with van der Waals surface area (Å²) in [7, 11) is 0. The first-order chi connectivity index (χ1) is 12.8. The minimum atomic E-state index is 0.193. The largest absolute Gasteiger partial charge is 0.504 e. The fraction of sp³-hybridized carbons (Fsp3) is 0.227. The van der Waals surface area contributed by atoms with Gasteiger partial charge in [0.05, 0.1) is 0 Å². The summed E-state index contributed by atoms with van der Waals surface area (Å²) in [6, 6.07) is 20.8. The zero-order valence-electron chi connectivity index (χ0n) is 14.7. The molecule has 0 atom stereocenters. The summed E-state index contributed by atoms with van der Waals surface area (Å²) in [5, 5.41) is 13.0. The molecule has 0 saturated heterocycles. The van der Waals surface area contributed by atoms with Crippen molar-refractivity contribution < 1.29 is 5.11 Å². The Bertz CT molecular complexity index is 846. The maximum Gasteiger partial charge on any atom is 0.168 e. The van der Waals surface area contributed by atoms with Crippen LogP contribution in [-0.4, -0.2) is 23.2 Å². The van der Waals surface area contributed by atoms with Crippen LogP contribution in [-0.2, 0) is 12.8 Å². The maximum absolute atomic E-state index is 9.82. The van der Waals surface area contributed by atoms with E-state index < -0.39 is 0 Å². The first-order valence-corrected chi connectivity index (χ1v) is 9.14. The van der Waals surface area contributed by atoms with Crippen LogP contribution in [0.15, 0.2) is 66.9 Å². The number of pyridine rings is 1. The molecule has 0 unspecified atom stereocenters. The summed E-state index contributed by atoms with van der Waals surface area (Å²) in [6.45, 7) is 1.67. The lowest BCUT2D eigenvalue weighted by atomic mass is 10.0.